The van der Waals surface area contributed by atoms with Crippen molar-refractivity contribution < 1.29 is 9.59 Å². The van der Waals surface area contributed by atoms with Crippen LogP contribution in [0, 0.1) is 5.92 Å². The first-order valence-electron chi connectivity index (χ1n) is 12.5. The summed E-state index contributed by atoms with van der Waals surface area (Å²) < 4.78 is 0. The van der Waals surface area contributed by atoms with Gasteiger partial charge in [-0.15, -0.1) is 0 Å². The predicted molar refractivity (Wildman–Crippen MR) is 151 cm³/mol. The van der Waals surface area contributed by atoms with Crippen LogP contribution < -0.4 is 16.4 Å². The summed E-state index contributed by atoms with van der Waals surface area (Å²) in [4.78, 5) is 32.3. The molecule has 8 heteroatoms. The zero-order valence-corrected chi connectivity index (χ0v) is 22.3. The number of allylic oxidation sites excluding steroid dienone is 1. The number of halogens is 1. The van der Waals surface area contributed by atoms with Gasteiger partial charge in [0.15, 0.2) is 0 Å². The van der Waals surface area contributed by atoms with Crippen molar-refractivity contribution in [3.05, 3.63) is 77.0 Å². The third kappa shape index (κ3) is 6.87. The smallest absolute Gasteiger partial charge is 0.248 e. The molecule has 2 unspecified atom stereocenters. The summed E-state index contributed by atoms with van der Waals surface area (Å²) in [5.41, 5.74) is 8.93. The molecule has 2 aliphatic heterocycles. The van der Waals surface area contributed by atoms with Gasteiger partial charge in [0.25, 0.3) is 0 Å². The van der Waals surface area contributed by atoms with Gasteiger partial charge in [0.05, 0.1) is 17.3 Å². The molecule has 2 heterocycles. The number of aliphatic imine (C=N–C) groups is 1. The highest BCUT2D eigenvalue weighted by atomic mass is 35.5. The van der Waals surface area contributed by atoms with Gasteiger partial charge in [-0.2, -0.15) is 0 Å². The van der Waals surface area contributed by atoms with E-state index in [2.05, 4.69) is 41.3 Å². The molecule has 7 nitrogen and oxygen atoms in total. The second kappa shape index (κ2) is 11.3. The van der Waals surface area contributed by atoms with Crippen LogP contribution in [0.5, 0.6) is 0 Å². The number of amides is 2. The van der Waals surface area contributed by atoms with Crippen LogP contribution in [0.4, 0.5) is 11.4 Å². The third-order valence-electron chi connectivity index (χ3n) is 6.84. The summed E-state index contributed by atoms with van der Waals surface area (Å²) in [6.45, 7) is 7.98. The molecule has 4 rings (SSSR count). The predicted octanol–water partition coefficient (Wildman–Crippen LogP) is 5.12. The molecule has 194 valence electrons. The number of nitrogens with one attached hydrogen (secondary N) is 2. The maximum absolute atomic E-state index is 13.3. The van der Waals surface area contributed by atoms with Crippen LogP contribution in [-0.4, -0.2) is 41.2 Å². The van der Waals surface area contributed by atoms with Gasteiger partial charge in [0.1, 0.15) is 5.84 Å². The molecule has 0 radical (unpaired) electrons. The van der Waals surface area contributed by atoms with Crippen molar-refractivity contribution in [1.29, 1.82) is 0 Å². The number of nitrogen functional groups attached to an aromatic ring is 1. The normalized spacial score (nSPS) is 20.4. The van der Waals surface area contributed by atoms with Crippen molar-refractivity contribution in [2.75, 3.05) is 24.1 Å². The van der Waals surface area contributed by atoms with Crippen LogP contribution >= 0.6 is 11.6 Å². The average molecular weight is 520 g/mol. The Morgan fingerprint density at radius 1 is 1.05 bits per heavy atom. The standard InChI is InChI=1S/C29H34ClN5O2/c1-29(2,3)35-17-22(23(18-35)28(37)34-26-14-13-21(30)16-32-26)20-11-8-19(9-12-20)10-15-27(36)33-25-7-5-4-6-24(25)31/h4-12,15-16,22-23H,13-14,17-18,31H2,1-3H3,(H,33,36)(H,32,34,37)/b15-10+. The number of benzene rings is 2. The number of likely N-dealkylation sites (tertiary alicyclic amines) is 1. The summed E-state index contributed by atoms with van der Waals surface area (Å²) in [5, 5.41) is 6.53. The van der Waals surface area contributed by atoms with Gasteiger partial charge in [-0.25, -0.2) is 4.99 Å². The monoisotopic (exact) mass is 519 g/mol. The van der Waals surface area contributed by atoms with Crippen molar-refractivity contribution in [1.82, 2.24) is 10.2 Å². The minimum absolute atomic E-state index is 0.0113. The molecule has 2 aromatic carbocycles. The number of carbonyl (C=O) groups is 2. The van der Waals surface area contributed by atoms with Gasteiger partial charge in [-0.1, -0.05) is 48.0 Å². The van der Waals surface area contributed by atoms with Gasteiger partial charge in [-0.3, -0.25) is 14.5 Å². The summed E-state index contributed by atoms with van der Waals surface area (Å²) in [6, 6.07) is 15.2. The molecule has 0 bridgehead atoms. The zero-order chi connectivity index (χ0) is 26.6. The van der Waals surface area contributed by atoms with Crippen molar-refractivity contribution in [3.63, 3.8) is 0 Å². The number of nitrogens with two attached hydrogens (primary N) is 1. The van der Waals surface area contributed by atoms with Crippen molar-refractivity contribution in [2.24, 2.45) is 10.9 Å². The molecule has 2 atom stereocenters. The van der Waals surface area contributed by atoms with E-state index in [-0.39, 0.29) is 29.2 Å². The molecule has 2 aromatic rings. The number of para-hydroxylation sites is 2. The van der Waals surface area contributed by atoms with E-state index in [1.54, 1.807) is 24.4 Å². The van der Waals surface area contributed by atoms with E-state index in [1.807, 2.05) is 36.4 Å². The lowest BCUT2D eigenvalue weighted by molar-refractivity contribution is -0.123. The van der Waals surface area contributed by atoms with Crippen LogP contribution in [0.2, 0.25) is 0 Å². The minimum atomic E-state index is -0.253. The second-order valence-electron chi connectivity index (χ2n) is 10.5. The molecule has 37 heavy (non-hydrogen) atoms. The molecule has 4 N–H and O–H groups in total. The van der Waals surface area contributed by atoms with Gasteiger partial charge in [-0.05, 0) is 56.5 Å². The van der Waals surface area contributed by atoms with Crippen LogP contribution in [-0.2, 0) is 9.59 Å². The lowest BCUT2D eigenvalue weighted by Gasteiger charge is -2.31. The number of amidine groups is 1. The summed E-state index contributed by atoms with van der Waals surface area (Å²) in [5.74, 6) is 0.245. The molecule has 0 spiro atoms. The Balaban J connectivity index is 1.46. The summed E-state index contributed by atoms with van der Waals surface area (Å²) in [6.07, 6.45) is 6.18. The Bertz CT molecular complexity index is 1240. The Hall–Kier alpha value is -3.42. The van der Waals surface area contributed by atoms with E-state index < -0.39 is 0 Å². The van der Waals surface area contributed by atoms with Crippen molar-refractivity contribution in [3.8, 4) is 0 Å². The lowest BCUT2D eigenvalue weighted by atomic mass is 9.87. The Morgan fingerprint density at radius 3 is 2.43 bits per heavy atom. The number of hydrogen-bond acceptors (Lipinski definition) is 5. The highest BCUT2D eigenvalue weighted by Gasteiger charge is 2.42. The number of anilines is 2. The molecule has 1 saturated heterocycles. The number of nitrogens with zero attached hydrogens (tertiary/aromatic N) is 2. The molecule has 1 fully saturated rings. The molecular formula is C29H34ClN5O2. The molecule has 2 amide bonds. The Morgan fingerprint density at radius 2 is 1.78 bits per heavy atom. The van der Waals surface area contributed by atoms with Gasteiger partial charge in [0, 0.05) is 48.3 Å². The molecule has 0 saturated carbocycles. The fraction of sp³-hybridized carbons (Fsp3) is 0.345. The van der Waals surface area contributed by atoms with Crippen LogP contribution in [0.15, 0.2) is 70.8 Å². The Kier molecular flexibility index (Phi) is 8.15. The summed E-state index contributed by atoms with van der Waals surface area (Å²) >= 11 is 6.02. The number of rotatable bonds is 5. The number of carbonyl (C=O) groups excluding carboxylic acids is 2. The molecule has 0 aromatic heterocycles. The molecule has 2 aliphatic rings. The van der Waals surface area contributed by atoms with E-state index in [0.29, 0.717) is 41.6 Å². The fourth-order valence-corrected chi connectivity index (χ4v) is 4.75. The number of hydrogen-bond donors (Lipinski definition) is 3. The largest absolute Gasteiger partial charge is 0.397 e. The van der Waals surface area contributed by atoms with E-state index in [0.717, 1.165) is 17.7 Å². The second-order valence-corrected chi connectivity index (χ2v) is 11.0. The first kappa shape index (κ1) is 26.6. The maximum atomic E-state index is 13.3. The SMILES string of the molecule is CC(C)(C)N1CC(C(=O)NC2=NC=C(Cl)CC2)C(c2ccc(/C=C/C(=O)Nc3ccccc3N)cc2)C1. The van der Waals surface area contributed by atoms with E-state index in [1.165, 1.54) is 6.08 Å². The van der Waals surface area contributed by atoms with Crippen molar-refractivity contribution in [2.45, 2.75) is 45.1 Å². The highest BCUT2D eigenvalue weighted by Crippen LogP contribution is 2.36. The van der Waals surface area contributed by atoms with Gasteiger partial charge in [0.2, 0.25) is 11.8 Å². The first-order chi connectivity index (χ1) is 17.6. The lowest BCUT2D eigenvalue weighted by Crippen LogP contribution is -2.42. The van der Waals surface area contributed by atoms with Gasteiger partial charge < -0.3 is 16.4 Å². The Labute approximate surface area is 223 Å². The highest BCUT2D eigenvalue weighted by molar-refractivity contribution is 6.30. The molecule has 0 aliphatic carbocycles. The van der Waals surface area contributed by atoms with Gasteiger partial charge >= 0.3 is 0 Å². The zero-order valence-electron chi connectivity index (χ0n) is 21.5. The first-order valence-corrected chi connectivity index (χ1v) is 12.9. The topological polar surface area (TPSA) is 99.8 Å². The van der Waals surface area contributed by atoms with E-state index in [9.17, 15) is 9.59 Å². The summed E-state index contributed by atoms with van der Waals surface area (Å²) in [7, 11) is 0. The van der Waals surface area contributed by atoms with E-state index >= 15 is 0 Å². The fourth-order valence-electron chi connectivity index (χ4n) is 4.61. The van der Waals surface area contributed by atoms with Crippen molar-refractivity contribution >= 4 is 46.7 Å². The van der Waals surface area contributed by atoms with Crippen LogP contribution in [0.3, 0.4) is 0 Å². The molecular weight excluding hydrogens is 486 g/mol. The van der Waals surface area contributed by atoms with Crippen LogP contribution in [0.1, 0.15) is 50.7 Å². The van der Waals surface area contributed by atoms with E-state index in [4.69, 9.17) is 17.3 Å². The third-order valence-corrected chi connectivity index (χ3v) is 7.13. The maximum Gasteiger partial charge on any atom is 0.248 e. The quantitative estimate of drug-likeness (QED) is 0.377. The average Bonchev–Trinajstić information content (AvgIpc) is 3.32. The minimum Gasteiger partial charge on any atom is -0.397 e. The van der Waals surface area contributed by atoms with Crippen LogP contribution in [0.25, 0.3) is 6.08 Å².